The highest BCUT2D eigenvalue weighted by atomic mass is 19.3. The van der Waals surface area contributed by atoms with Gasteiger partial charge in [-0.3, -0.25) is 9.78 Å². The summed E-state index contributed by atoms with van der Waals surface area (Å²) in [4.78, 5) is 24.7. The Morgan fingerprint density at radius 3 is 2.47 bits per heavy atom. The van der Waals surface area contributed by atoms with Crippen molar-refractivity contribution in [3.05, 3.63) is 59.3 Å². The molecule has 3 aromatic rings. The van der Waals surface area contributed by atoms with E-state index in [1.807, 2.05) is 6.07 Å². The molecule has 0 aromatic carbocycles. The van der Waals surface area contributed by atoms with Crippen molar-refractivity contribution in [2.24, 2.45) is 5.73 Å². The molecule has 0 saturated heterocycles. The van der Waals surface area contributed by atoms with Gasteiger partial charge >= 0.3 is 0 Å². The van der Waals surface area contributed by atoms with Gasteiger partial charge in [-0.15, -0.1) is 0 Å². The number of amides is 1. The molecule has 3 N–H and O–H groups in total. The Morgan fingerprint density at radius 2 is 1.90 bits per heavy atom. The summed E-state index contributed by atoms with van der Waals surface area (Å²) in [5.74, 6) is 3.18. The van der Waals surface area contributed by atoms with Gasteiger partial charge < -0.3 is 11.1 Å². The summed E-state index contributed by atoms with van der Waals surface area (Å²) in [7, 11) is 1.75. The number of anilines is 1. The number of carbonyl (C=O) groups is 1. The minimum absolute atomic E-state index is 0.171. The maximum Gasteiger partial charge on any atom is 0.272 e. The van der Waals surface area contributed by atoms with Crippen molar-refractivity contribution in [2.45, 2.75) is 31.1 Å². The van der Waals surface area contributed by atoms with Gasteiger partial charge in [-0.05, 0) is 37.0 Å². The number of hydrogen-bond donors (Lipinski definition) is 2. The molecule has 0 spiro atoms. The van der Waals surface area contributed by atoms with E-state index in [-0.39, 0.29) is 11.5 Å². The van der Waals surface area contributed by atoms with Crippen LogP contribution in [-0.4, -0.2) is 27.9 Å². The first-order valence-electron chi connectivity index (χ1n) is 9.38. The lowest BCUT2D eigenvalue weighted by Crippen LogP contribution is -2.29. The van der Waals surface area contributed by atoms with Gasteiger partial charge in [0.15, 0.2) is 0 Å². The van der Waals surface area contributed by atoms with Crippen molar-refractivity contribution < 1.29 is 13.6 Å². The molecule has 3 heterocycles. The number of carbonyl (C=O) groups excluding carboxylic acids is 1. The van der Waals surface area contributed by atoms with Gasteiger partial charge in [-0.25, -0.2) is 18.7 Å². The van der Waals surface area contributed by atoms with Crippen LogP contribution in [0.25, 0.3) is 10.8 Å². The van der Waals surface area contributed by atoms with E-state index in [2.05, 4.69) is 32.1 Å². The maximum atomic E-state index is 13.3. The van der Waals surface area contributed by atoms with Crippen molar-refractivity contribution in [1.29, 1.82) is 0 Å². The Balaban J connectivity index is 1.78. The molecule has 8 heteroatoms. The van der Waals surface area contributed by atoms with Gasteiger partial charge in [0, 0.05) is 48.9 Å². The van der Waals surface area contributed by atoms with E-state index in [1.54, 1.807) is 19.4 Å². The second-order valence-electron chi connectivity index (χ2n) is 7.40. The highest BCUT2D eigenvalue weighted by Crippen LogP contribution is 2.47. The van der Waals surface area contributed by atoms with Crippen molar-refractivity contribution in [3.8, 4) is 11.8 Å². The Bertz CT molecular complexity index is 1200. The van der Waals surface area contributed by atoms with E-state index in [9.17, 15) is 13.6 Å². The number of fused-ring (bicyclic) bond motifs is 1. The van der Waals surface area contributed by atoms with Crippen LogP contribution in [0.5, 0.6) is 0 Å². The zero-order valence-corrected chi connectivity index (χ0v) is 16.5. The number of alkyl halides is 2. The first-order valence-corrected chi connectivity index (χ1v) is 9.38. The molecule has 0 bridgehead atoms. The summed E-state index contributed by atoms with van der Waals surface area (Å²) >= 11 is 0. The standard InChI is InChI=1S/C22H19F2N5O/c1-21(23,24)14-4-6-15(27-11-14)5-3-13-10-29-19(26-2)17-12-28-18(9-16(13)17)22(7-8-22)20(25)30/h4,6,9-12H,7-8H2,1-2H3,(H2,25,30)(H,26,29). The Hall–Kier alpha value is -3.60. The number of nitrogens with two attached hydrogens (primary N) is 1. The predicted molar refractivity (Wildman–Crippen MR) is 109 cm³/mol. The number of nitrogens with one attached hydrogen (secondary N) is 1. The van der Waals surface area contributed by atoms with Crippen LogP contribution < -0.4 is 11.1 Å². The van der Waals surface area contributed by atoms with Gasteiger partial charge in [0.1, 0.15) is 11.5 Å². The summed E-state index contributed by atoms with van der Waals surface area (Å²) in [5, 5.41) is 4.54. The monoisotopic (exact) mass is 407 g/mol. The minimum Gasteiger partial charge on any atom is -0.373 e. The SMILES string of the molecule is CNc1ncc(C#Cc2ccc(C(C)(F)F)cn2)c2cc(C3(C(N)=O)CC3)ncc12. The van der Waals surface area contributed by atoms with E-state index in [0.717, 1.165) is 23.9 Å². The van der Waals surface area contributed by atoms with Crippen LogP contribution in [0.15, 0.2) is 36.8 Å². The topological polar surface area (TPSA) is 93.8 Å². The van der Waals surface area contributed by atoms with Crippen molar-refractivity contribution in [1.82, 2.24) is 15.0 Å². The normalized spacial score (nSPS) is 14.7. The lowest BCUT2D eigenvalue weighted by molar-refractivity contribution is -0.120. The molecule has 6 nitrogen and oxygen atoms in total. The first kappa shape index (κ1) is 19.7. The lowest BCUT2D eigenvalue weighted by Gasteiger charge is -2.13. The number of primary amides is 1. The van der Waals surface area contributed by atoms with Crippen molar-refractivity contribution in [3.63, 3.8) is 0 Å². The fourth-order valence-corrected chi connectivity index (χ4v) is 3.31. The van der Waals surface area contributed by atoms with Crippen LogP contribution in [-0.2, 0) is 16.1 Å². The number of aromatic nitrogens is 3. The molecule has 152 valence electrons. The number of rotatable bonds is 4. The highest BCUT2D eigenvalue weighted by molar-refractivity contribution is 5.97. The maximum absolute atomic E-state index is 13.3. The molecule has 0 aliphatic heterocycles. The van der Waals surface area contributed by atoms with Crippen molar-refractivity contribution in [2.75, 3.05) is 12.4 Å². The zero-order valence-electron chi connectivity index (χ0n) is 16.5. The predicted octanol–water partition coefficient (Wildman–Crippen LogP) is 3.09. The van der Waals surface area contributed by atoms with Gasteiger partial charge in [0.25, 0.3) is 5.92 Å². The van der Waals surface area contributed by atoms with Gasteiger partial charge in [-0.1, -0.05) is 5.92 Å². The van der Waals surface area contributed by atoms with Crippen LogP contribution >= 0.6 is 0 Å². The van der Waals surface area contributed by atoms with Crippen LogP contribution in [0.2, 0.25) is 0 Å². The van der Waals surface area contributed by atoms with E-state index in [1.165, 1.54) is 12.1 Å². The van der Waals surface area contributed by atoms with Crippen LogP contribution in [0.1, 0.15) is 42.3 Å². The molecule has 1 saturated carbocycles. The quantitative estimate of drug-likeness (QED) is 0.649. The zero-order chi connectivity index (χ0) is 21.5. The average molecular weight is 407 g/mol. The fraction of sp³-hybridized carbons (Fsp3) is 0.273. The van der Waals surface area contributed by atoms with E-state index < -0.39 is 11.3 Å². The molecule has 1 aliphatic carbocycles. The summed E-state index contributed by atoms with van der Waals surface area (Å²) in [6.07, 6.45) is 5.74. The summed E-state index contributed by atoms with van der Waals surface area (Å²) < 4.78 is 26.7. The number of halogens is 2. The summed E-state index contributed by atoms with van der Waals surface area (Å²) in [5.41, 5.74) is 6.29. The van der Waals surface area contributed by atoms with Crippen LogP contribution in [0.3, 0.4) is 0 Å². The van der Waals surface area contributed by atoms with Crippen LogP contribution in [0.4, 0.5) is 14.6 Å². The Labute approximate surface area is 171 Å². The lowest BCUT2D eigenvalue weighted by atomic mass is 9.98. The summed E-state index contributed by atoms with van der Waals surface area (Å²) in [6, 6.07) is 4.59. The third-order valence-corrected chi connectivity index (χ3v) is 5.32. The first-order chi connectivity index (χ1) is 14.2. The average Bonchev–Trinajstić information content (AvgIpc) is 3.53. The Morgan fingerprint density at radius 1 is 1.13 bits per heavy atom. The molecule has 0 radical (unpaired) electrons. The van der Waals surface area contributed by atoms with Gasteiger partial charge in [-0.2, -0.15) is 0 Å². The molecule has 4 rings (SSSR count). The highest BCUT2D eigenvalue weighted by Gasteiger charge is 2.51. The molecular weight excluding hydrogens is 388 g/mol. The smallest absolute Gasteiger partial charge is 0.272 e. The second kappa shape index (κ2) is 7.02. The van der Waals surface area contributed by atoms with E-state index in [0.29, 0.717) is 35.6 Å². The largest absolute Gasteiger partial charge is 0.373 e. The molecule has 1 amide bonds. The fourth-order valence-electron chi connectivity index (χ4n) is 3.31. The molecule has 30 heavy (non-hydrogen) atoms. The van der Waals surface area contributed by atoms with E-state index >= 15 is 0 Å². The molecular formula is C22H19F2N5O. The third kappa shape index (κ3) is 3.43. The van der Waals surface area contributed by atoms with Crippen LogP contribution in [0, 0.1) is 11.8 Å². The third-order valence-electron chi connectivity index (χ3n) is 5.32. The Kier molecular flexibility index (Phi) is 4.61. The van der Waals surface area contributed by atoms with E-state index in [4.69, 9.17) is 5.73 Å². The van der Waals surface area contributed by atoms with Crippen molar-refractivity contribution >= 4 is 22.5 Å². The van der Waals surface area contributed by atoms with Gasteiger partial charge in [0.05, 0.1) is 16.7 Å². The second-order valence-corrected chi connectivity index (χ2v) is 7.40. The molecule has 1 fully saturated rings. The number of pyridine rings is 3. The minimum atomic E-state index is -2.95. The number of hydrogen-bond acceptors (Lipinski definition) is 5. The summed E-state index contributed by atoms with van der Waals surface area (Å²) in [6.45, 7) is 0.820. The molecule has 3 aromatic heterocycles. The van der Waals surface area contributed by atoms with Gasteiger partial charge in [0.2, 0.25) is 5.91 Å². The number of nitrogens with zero attached hydrogens (tertiary/aromatic N) is 3. The molecule has 0 atom stereocenters. The molecule has 0 unspecified atom stereocenters. The molecule has 1 aliphatic rings.